The third-order valence-corrected chi connectivity index (χ3v) is 6.02. The minimum absolute atomic E-state index is 0.323. The van der Waals surface area contributed by atoms with Gasteiger partial charge in [0.05, 0.1) is 15.1 Å². The molecule has 0 spiro atoms. The van der Waals surface area contributed by atoms with E-state index in [2.05, 4.69) is 20.5 Å². The van der Waals surface area contributed by atoms with E-state index in [-0.39, 0.29) is 0 Å². The van der Waals surface area contributed by atoms with E-state index in [0.717, 1.165) is 31.8 Å². The monoisotopic (exact) mass is 358 g/mol. The third-order valence-electron chi connectivity index (χ3n) is 3.77. The highest BCUT2D eigenvalue weighted by Crippen LogP contribution is 2.35. The zero-order valence-corrected chi connectivity index (χ0v) is 14.4. The van der Waals surface area contributed by atoms with Crippen molar-refractivity contribution in [3.05, 3.63) is 48.2 Å². The SMILES string of the molecule is CS(=O)(=O)c1ccc(CNc2n[nH]c3c2sc2ncccc23)cc1. The quantitative estimate of drug-likeness (QED) is 0.585. The van der Waals surface area contributed by atoms with Gasteiger partial charge in [0.1, 0.15) is 4.83 Å². The summed E-state index contributed by atoms with van der Waals surface area (Å²) >= 11 is 1.59. The van der Waals surface area contributed by atoms with Crippen LogP contribution in [0.25, 0.3) is 20.4 Å². The van der Waals surface area contributed by atoms with Crippen LogP contribution in [-0.4, -0.2) is 29.9 Å². The summed E-state index contributed by atoms with van der Waals surface area (Å²) < 4.78 is 24.0. The molecule has 0 saturated carbocycles. The van der Waals surface area contributed by atoms with E-state index in [9.17, 15) is 8.42 Å². The third kappa shape index (κ3) is 2.63. The lowest BCUT2D eigenvalue weighted by Crippen LogP contribution is -2.01. The number of aromatic nitrogens is 3. The highest BCUT2D eigenvalue weighted by molar-refractivity contribution is 7.90. The Morgan fingerprint density at radius 2 is 2.00 bits per heavy atom. The molecule has 4 rings (SSSR count). The van der Waals surface area contributed by atoms with Gasteiger partial charge in [-0.25, -0.2) is 13.4 Å². The van der Waals surface area contributed by atoms with Crippen molar-refractivity contribution in [3.8, 4) is 0 Å². The van der Waals surface area contributed by atoms with Gasteiger partial charge in [0.15, 0.2) is 15.7 Å². The molecule has 0 aliphatic heterocycles. The van der Waals surface area contributed by atoms with E-state index in [1.807, 2.05) is 12.1 Å². The van der Waals surface area contributed by atoms with Crippen molar-refractivity contribution in [1.29, 1.82) is 0 Å². The predicted molar refractivity (Wildman–Crippen MR) is 96.2 cm³/mol. The molecule has 8 heteroatoms. The Balaban J connectivity index is 1.59. The summed E-state index contributed by atoms with van der Waals surface area (Å²) in [7, 11) is -3.16. The molecule has 0 unspecified atom stereocenters. The molecule has 0 aliphatic carbocycles. The maximum atomic E-state index is 11.5. The van der Waals surface area contributed by atoms with Crippen LogP contribution in [0.5, 0.6) is 0 Å². The van der Waals surface area contributed by atoms with Crippen LogP contribution in [0.4, 0.5) is 5.82 Å². The molecule has 2 N–H and O–H groups in total. The summed E-state index contributed by atoms with van der Waals surface area (Å²) in [5, 5.41) is 11.7. The molecule has 0 radical (unpaired) electrons. The second kappa shape index (κ2) is 5.57. The highest BCUT2D eigenvalue weighted by atomic mass is 32.2. The fourth-order valence-electron chi connectivity index (χ4n) is 2.53. The van der Waals surface area contributed by atoms with Gasteiger partial charge in [-0.1, -0.05) is 12.1 Å². The molecule has 3 aromatic heterocycles. The van der Waals surface area contributed by atoms with Crippen molar-refractivity contribution in [3.63, 3.8) is 0 Å². The van der Waals surface area contributed by atoms with Gasteiger partial charge in [-0.15, -0.1) is 11.3 Å². The second-order valence-corrected chi connectivity index (χ2v) is 8.52. The molecule has 24 heavy (non-hydrogen) atoms. The predicted octanol–water partition coefficient (Wildman–Crippen LogP) is 3.19. The minimum Gasteiger partial charge on any atom is -0.363 e. The second-order valence-electron chi connectivity index (χ2n) is 5.50. The van der Waals surface area contributed by atoms with Gasteiger partial charge in [0.2, 0.25) is 0 Å². The zero-order chi connectivity index (χ0) is 16.7. The smallest absolute Gasteiger partial charge is 0.175 e. The van der Waals surface area contributed by atoms with Crippen molar-refractivity contribution >= 4 is 47.4 Å². The Hall–Kier alpha value is -2.45. The molecular weight excluding hydrogens is 344 g/mol. The van der Waals surface area contributed by atoms with Crippen LogP contribution in [0.3, 0.4) is 0 Å². The molecule has 0 bridgehead atoms. The van der Waals surface area contributed by atoms with Crippen molar-refractivity contribution < 1.29 is 8.42 Å². The number of thiophene rings is 1. The molecule has 0 aliphatic rings. The number of H-pyrrole nitrogens is 1. The van der Waals surface area contributed by atoms with E-state index in [1.54, 1.807) is 41.8 Å². The lowest BCUT2D eigenvalue weighted by Gasteiger charge is -2.04. The summed E-state index contributed by atoms with van der Waals surface area (Å²) in [5.74, 6) is 0.778. The first-order valence-corrected chi connectivity index (χ1v) is 9.97. The summed E-state index contributed by atoms with van der Waals surface area (Å²) in [6.07, 6.45) is 2.98. The molecule has 0 atom stereocenters. The van der Waals surface area contributed by atoms with Crippen LogP contribution in [0.1, 0.15) is 5.56 Å². The summed E-state index contributed by atoms with van der Waals surface area (Å²) in [6, 6.07) is 10.8. The van der Waals surface area contributed by atoms with Crippen LogP contribution < -0.4 is 5.32 Å². The maximum Gasteiger partial charge on any atom is 0.175 e. The maximum absolute atomic E-state index is 11.5. The van der Waals surface area contributed by atoms with Crippen molar-refractivity contribution in [2.24, 2.45) is 0 Å². The van der Waals surface area contributed by atoms with Crippen LogP contribution in [-0.2, 0) is 16.4 Å². The Morgan fingerprint density at radius 3 is 2.75 bits per heavy atom. The van der Waals surface area contributed by atoms with Gasteiger partial charge < -0.3 is 5.32 Å². The number of rotatable bonds is 4. The number of nitrogens with zero attached hydrogens (tertiary/aromatic N) is 2. The first-order chi connectivity index (χ1) is 11.5. The molecule has 0 fully saturated rings. The number of anilines is 1. The Morgan fingerprint density at radius 1 is 1.21 bits per heavy atom. The standard InChI is InChI=1S/C16H14N4O2S2/c1-24(21,22)11-6-4-10(5-7-11)9-18-15-14-13(19-20-15)12-3-2-8-17-16(12)23-14/h2-8H,9H2,1H3,(H2,18,19,20). The highest BCUT2D eigenvalue weighted by Gasteiger charge is 2.13. The molecule has 0 saturated heterocycles. The fourth-order valence-corrected chi connectivity index (χ4v) is 4.22. The number of benzene rings is 1. The number of pyridine rings is 1. The van der Waals surface area contributed by atoms with Gasteiger partial charge in [-0.3, -0.25) is 5.10 Å². The Bertz CT molecular complexity index is 1130. The average molecular weight is 358 g/mol. The zero-order valence-electron chi connectivity index (χ0n) is 12.8. The van der Waals surface area contributed by atoms with Crippen LogP contribution in [0, 0.1) is 0 Å². The number of fused-ring (bicyclic) bond motifs is 3. The topological polar surface area (TPSA) is 87.7 Å². The van der Waals surface area contributed by atoms with Gasteiger partial charge in [-0.05, 0) is 29.8 Å². The van der Waals surface area contributed by atoms with E-state index >= 15 is 0 Å². The molecule has 4 aromatic rings. The van der Waals surface area contributed by atoms with Crippen molar-refractivity contribution in [2.45, 2.75) is 11.4 Å². The van der Waals surface area contributed by atoms with Crippen LogP contribution >= 0.6 is 11.3 Å². The summed E-state index contributed by atoms with van der Waals surface area (Å²) in [5.41, 5.74) is 1.97. The molecule has 122 valence electrons. The van der Waals surface area contributed by atoms with Gasteiger partial charge in [0, 0.05) is 24.4 Å². The minimum atomic E-state index is -3.16. The summed E-state index contributed by atoms with van der Waals surface area (Å²) in [4.78, 5) is 5.67. The number of hydrogen-bond donors (Lipinski definition) is 2. The van der Waals surface area contributed by atoms with E-state index in [0.29, 0.717) is 11.4 Å². The first-order valence-electron chi connectivity index (χ1n) is 7.27. The van der Waals surface area contributed by atoms with E-state index < -0.39 is 9.84 Å². The normalized spacial score (nSPS) is 12.0. The Labute approximate surface area is 142 Å². The van der Waals surface area contributed by atoms with E-state index in [4.69, 9.17) is 0 Å². The number of aromatic amines is 1. The van der Waals surface area contributed by atoms with Gasteiger partial charge in [-0.2, -0.15) is 5.10 Å². The number of hydrogen-bond acceptors (Lipinski definition) is 6. The van der Waals surface area contributed by atoms with Gasteiger partial charge >= 0.3 is 0 Å². The largest absolute Gasteiger partial charge is 0.363 e. The fraction of sp³-hybridized carbons (Fsp3) is 0.125. The molecule has 0 amide bonds. The van der Waals surface area contributed by atoms with Crippen molar-refractivity contribution in [1.82, 2.24) is 15.2 Å². The first kappa shape index (κ1) is 15.1. The average Bonchev–Trinajstić information content (AvgIpc) is 3.12. The lowest BCUT2D eigenvalue weighted by atomic mass is 10.2. The van der Waals surface area contributed by atoms with Crippen molar-refractivity contribution in [2.75, 3.05) is 11.6 Å². The lowest BCUT2D eigenvalue weighted by molar-refractivity contribution is 0.602. The van der Waals surface area contributed by atoms with E-state index in [1.165, 1.54) is 6.26 Å². The summed E-state index contributed by atoms with van der Waals surface area (Å²) in [6.45, 7) is 0.561. The molecule has 6 nitrogen and oxygen atoms in total. The number of sulfone groups is 1. The Kier molecular flexibility index (Phi) is 3.50. The molecular formula is C16H14N4O2S2. The van der Waals surface area contributed by atoms with Crippen LogP contribution in [0.2, 0.25) is 0 Å². The molecule has 3 heterocycles. The van der Waals surface area contributed by atoms with Crippen LogP contribution in [0.15, 0.2) is 47.5 Å². The van der Waals surface area contributed by atoms with Gasteiger partial charge in [0.25, 0.3) is 0 Å². The molecule has 1 aromatic carbocycles. The number of nitrogens with one attached hydrogen (secondary N) is 2.